The second kappa shape index (κ2) is 11.5. The van der Waals surface area contributed by atoms with Crippen LogP contribution < -0.4 is 10.2 Å². The van der Waals surface area contributed by atoms with Gasteiger partial charge in [0.2, 0.25) is 0 Å². The third-order valence-corrected chi connectivity index (χ3v) is 4.35. The summed E-state index contributed by atoms with van der Waals surface area (Å²) in [4.78, 5) is 8.43. The maximum Gasteiger partial charge on any atom is 0.193 e. The first-order valence-corrected chi connectivity index (χ1v) is 8.57. The van der Waals surface area contributed by atoms with Crippen LogP contribution in [0.1, 0.15) is 12.8 Å². The molecule has 1 atom stereocenters. The SMILES string of the molecule is CN=C(NCCCN(C)c1ccccc1F)N(C)CC1CCOC1.I. The van der Waals surface area contributed by atoms with E-state index < -0.39 is 0 Å². The van der Waals surface area contributed by atoms with Crippen LogP contribution in [0.15, 0.2) is 29.3 Å². The van der Waals surface area contributed by atoms with Gasteiger partial charge in [-0.25, -0.2) is 4.39 Å². The molecule has 1 fully saturated rings. The van der Waals surface area contributed by atoms with Gasteiger partial charge < -0.3 is 19.9 Å². The molecule has 0 saturated carbocycles. The van der Waals surface area contributed by atoms with Gasteiger partial charge in [-0.2, -0.15) is 0 Å². The molecular formula is C18H30FIN4O. The van der Waals surface area contributed by atoms with E-state index in [1.165, 1.54) is 6.07 Å². The average Bonchev–Trinajstić information content (AvgIpc) is 3.08. The molecule has 1 N–H and O–H groups in total. The van der Waals surface area contributed by atoms with Crippen molar-refractivity contribution >= 4 is 35.6 Å². The molecule has 1 saturated heterocycles. The number of ether oxygens (including phenoxy) is 1. The number of benzene rings is 1. The van der Waals surface area contributed by atoms with Gasteiger partial charge in [-0.05, 0) is 25.0 Å². The van der Waals surface area contributed by atoms with Crippen LogP contribution in [0.4, 0.5) is 10.1 Å². The molecule has 0 bridgehead atoms. The first-order valence-electron chi connectivity index (χ1n) is 8.57. The number of aliphatic imine (C=N–C) groups is 1. The highest BCUT2D eigenvalue weighted by molar-refractivity contribution is 14.0. The molecule has 5 nitrogen and oxygen atoms in total. The summed E-state index contributed by atoms with van der Waals surface area (Å²) in [5.41, 5.74) is 0.639. The molecule has 0 aromatic heterocycles. The molecule has 1 aromatic carbocycles. The second-order valence-corrected chi connectivity index (χ2v) is 6.31. The van der Waals surface area contributed by atoms with Gasteiger partial charge in [-0.3, -0.25) is 4.99 Å². The molecule has 1 aliphatic rings. The Kier molecular flexibility index (Phi) is 10.1. The highest BCUT2D eigenvalue weighted by Gasteiger charge is 2.18. The molecule has 0 spiro atoms. The molecule has 0 amide bonds. The number of anilines is 1. The van der Waals surface area contributed by atoms with E-state index in [0.29, 0.717) is 11.6 Å². The zero-order chi connectivity index (χ0) is 17.4. The lowest BCUT2D eigenvalue weighted by atomic mass is 10.1. The smallest absolute Gasteiger partial charge is 0.193 e. The van der Waals surface area contributed by atoms with Crippen molar-refractivity contribution < 1.29 is 9.13 Å². The molecule has 0 radical (unpaired) electrons. The van der Waals surface area contributed by atoms with Gasteiger partial charge in [-0.1, -0.05) is 12.1 Å². The summed E-state index contributed by atoms with van der Waals surface area (Å²) >= 11 is 0. The molecule has 1 unspecified atom stereocenters. The number of para-hydroxylation sites is 1. The number of hydrogen-bond donors (Lipinski definition) is 1. The van der Waals surface area contributed by atoms with Gasteiger partial charge in [0.25, 0.3) is 0 Å². The second-order valence-electron chi connectivity index (χ2n) is 6.31. The van der Waals surface area contributed by atoms with Crippen molar-refractivity contribution in [3.05, 3.63) is 30.1 Å². The standard InChI is InChI=1S/C18H29FN4O.HI/c1-20-18(23(3)13-15-9-12-24-14-15)21-10-6-11-22(2)17-8-5-4-7-16(17)19;/h4-5,7-8,15H,6,9-14H2,1-3H3,(H,20,21);1H. The lowest BCUT2D eigenvalue weighted by molar-refractivity contribution is 0.181. The fraction of sp³-hybridized carbons (Fsp3) is 0.611. The first kappa shape index (κ1) is 22.0. The van der Waals surface area contributed by atoms with Crippen molar-refractivity contribution in [1.29, 1.82) is 0 Å². The molecule has 25 heavy (non-hydrogen) atoms. The van der Waals surface area contributed by atoms with Crippen LogP contribution in [-0.4, -0.2) is 64.9 Å². The highest BCUT2D eigenvalue weighted by Crippen LogP contribution is 2.17. The van der Waals surface area contributed by atoms with Crippen molar-refractivity contribution in [3.63, 3.8) is 0 Å². The summed E-state index contributed by atoms with van der Waals surface area (Å²) in [5.74, 6) is 1.30. The summed E-state index contributed by atoms with van der Waals surface area (Å²) in [6, 6.07) is 6.87. The molecular weight excluding hydrogens is 434 g/mol. The van der Waals surface area contributed by atoms with E-state index in [0.717, 1.165) is 51.6 Å². The van der Waals surface area contributed by atoms with Crippen molar-refractivity contribution in [2.75, 3.05) is 58.9 Å². The summed E-state index contributed by atoms with van der Waals surface area (Å²) in [6.45, 7) is 4.25. The minimum Gasteiger partial charge on any atom is -0.381 e. The summed E-state index contributed by atoms with van der Waals surface area (Å²) in [7, 11) is 5.77. The Morgan fingerprint density at radius 1 is 1.36 bits per heavy atom. The average molecular weight is 464 g/mol. The third-order valence-electron chi connectivity index (χ3n) is 4.35. The Bertz CT molecular complexity index is 538. The lowest BCUT2D eigenvalue weighted by Crippen LogP contribution is -2.42. The van der Waals surface area contributed by atoms with E-state index in [-0.39, 0.29) is 29.8 Å². The van der Waals surface area contributed by atoms with Crippen LogP contribution in [0.25, 0.3) is 0 Å². The Labute approximate surface area is 167 Å². The van der Waals surface area contributed by atoms with Gasteiger partial charge in [0.1, 0.15) is 5.82 Å². The van der Waals surface area contributed by atoms with E-state index in [9.17, 15) is 4.39 Å². The number of nitrogens with zero attached hydrogens (tertiary/aromatic N) is 3. The Balaban J connectivity index is 0.00000312. The minimum absolute atomic E-state index is 0. The van der Waals surface area contributed by atoms with Crippen LogP contribution in [0, 0.1) is 11.7 Å². The number of hydrogen-bond acceptors (Lipinski definition) is 3. The van der Waals surface area contributed by atoms with Crippen molar-refractivity contribution in [2.24, 2.45) is 10.9 Å². The van der Waals surface area contributed by atoms with Crippen molar-refractivity contribution in [3.8, 4) is 0 Å². The summed E-state index contributed by atoms with van der Waals surface area (Å²) < 4.78 is 19.2. The van der Waals surface area contributed by atoms with Crippen LogP contribution in [0.2, 0.25) is 0 Å². The summed E-state index contributed by atoms with van der Waals surface area (Å²) in [5, 5.41) is 3.38. The maximum atomic E-state index is 13.7. The summed E-state index contributed by atoms with van der Waals surface area (Å²) in [6.07, 6.45) is 2.03. The predicted octanol–water partition coefficient (Wildman–Crippen LogP) is 2.81. The predicted molar refractivity (Wildman–Crippen MR) is 113 cm³/mol. The number of guanidine groups is 1. The van der Waals surface area contributed by atoms with E-state index in [1.54, 1.807) is 19.2 Å². The van der Waals surface area contributed by atoms with E-state index in [4.69, 9.17) is 4.74 Å². The van der Waals surface area contributed by atoms with Crippen LogP contribution in [-0.2, 0) is 4.74 Å². The van der Waals surface area contributed by atoms with Gasteiger partial charge >= 0.3 is 0 Å². The fourth-order valence-electron chi connectivity index (χ4n) is 2.98. The molecule has 7 heteroatoms. The van der Waals surface area contributed by atoms with E-state index >= 15 is 0 Å². The number of rotatable bonds is 7. The zero-order valence-corrected chi connectivity index (χ0v) is 17.7. The van der Waals surface area contributed by atoms with E-state index in [1.807, 2.05) is 18.0 Å². The minimum atomic E-state index is -0.178. The van der Waals surface area contributed by atoms with Gasteiger partial charge in [-0.15, -0.1) is 24.0 Å². The molecule has 1 heterocycles. The molecule has 1 aliphatic heterocycles. The van der Waals surface area contributed by atoms with Crippen molar-refractivity contribution in [1.82, 2.24) is 10.2 Å². The quantitative estimate of drug-likeness (QED) is 0.292. The number of nitrogens with one attached hydrogen (secondary N) is 1. The number of halogens is 2. The highest BCUT2D eigenvalue weighted by atomic mass is 127. The molecule has 0 aliphatic carbocycles. The Hall–Kier alpha value is -1.09. The van der Waals surface area contributed by atoms with Crippen LogP contribution >= 0.6 is 24.0 Å². The third kappa shape index (κ3) is 6.97. The van der Waals surface area contributed by atoms with Gasteiger partial charge in [0.05, 0.1) is 12.3 Å². The molecule has 1 aromatic rings. The van der Waals surface area contributed by atoms with Gasteiger partial charge in [0.15, 0.2) is 5.96 Å². The topological polar surface area (TPSA) is 40.1 Å². The first-order chi connectivity index (χ1) is 11.6. The Morgan fingerprint density at radius 3 is 2.76 bits per heavy atom. The monoisotopic (exact) mass is 464 g/mol. The molecule has 2 rings (SSSR count). The van der Waals surface area contributed by atoms with Gasteiger partial charge in [0, 0.05) is 53.3 Å². The maximum absolute atomic E-state index is 13.7. The Morgan fingerprint density at radius 2 is 2.12 bits per heavy atom. The van der Waals surface area contributed by atoms with Crippen molar-refractivity contribution in [2.45, 2.75) is 12.8 Å². The fourth-order valence-corrected chi connectivity index (χ4v) is 2.98. The van der Waals surface area contributed by atoms with Crippen LogP contribution in [0.3, 0.4) is 0 Å². The zero-order valence-electron chi connectivity index (χ0n) is 15.4. The normalized spacial score (nSPS) is 17.1. The largest absolute Gasteiger partial charge is 0.381 e. The lowest BCUT2D eigenvalue weighted by Gasteiger charge is -2.25. The van der Waals surface area contributed by atoms with E-state index in [2.05, 4.69) is 22.3 Å². The molecule has 142 valence electrons. The van der Waals surface area contributed by atoms with Crippen LogP contribution in [0.5, 0.6) is 0 Å².